The number of nitrogens with one attached hydrogen (secondary N) is 1. The van der Waals surface area contributed by atoms with Crippen molar-refractivity contribution in [3.8, 4) is 0 Å². The van der Waals surface area contributed by atoms with Crippen molar-refractivity contribution in [2.24, 2.45) is 0 Å². The van der Waals surface area contributed by atoms with Crippen LogP contribution in [0.3, 0.4) is 0 Å². The van der Waals surface area contributed by atoms with Gasteiger partial charge in [-0.15, -0.1) is 0 Å². The lowest BCUT2D eigenvalue weighted by atomic mass is 10.1. The molecule has 1 heterocycles. The minimum absolute atomic E-state index is 0.0398. The molecule has 1 unspecified atom stereocenters. The number of hydrogen-bond donors (Lipinski definition) is 2. The van der Waals surface area contributed by atoms with E-state index in [2.05, 4.69) is 5.32 Å². The lowest BCUT2D eigenvalue weighted by molar-refractivity contribution is -0.148. The third kappa shape index (κ3) is 4.86. The molecule has 1 saturated heterocycles. The van der Waals surface area contributed by atoms with Gasteiger partial charge in [0.1, 0.15) is 6.04 Å². The zero-order chi connectivity index (χ0) is 14.3. The van der Waals surface area contributed by atoms with Gasteiger partial charge in [-0.1, -0.05) is 0 Å². The molecular weight excluding hydrogens is 252 g/mol. The van der Waals surface area contributed by atoms with Crippen LogP contribution in [0.1, 0.15) is 26.2 Å². The number of carbonyl (C=O) groups is 3. The Kier molecular flexibility index (Phi) is 6.27. The zero-order valence-corrected chi connectivity index (χ0v) is 11.1. The van der Waals surface area contributed by atoms with Crippen molar-refractivity contribution in [2.45, 2.75) is 32.2 Å². The minimum atomic E-state index is -0.921. The van der Waals surface area contributed by atoms with Crippen molar-refractivity contribution in [3.63, 3.8) is 0 Å². The van der Waals surface area contributed by atoms with Crippen LogP contribution in [0.25, 0.3) is 0 Å². The molecule has 108 valence electrons. The molecule has 1 rings (SSSR count). The standard InChI is InChI=1S/C12H20N2O5/c1-2-13-12(18)9-8-19-7-6-14(9)10(15)4-3-5-11(16)17/h9H,2-8H2,1H3,(H,13,18)(H,16,17). The number of hydrogen-bond acceptors (Lipinski definition) is 4. The number of carboxylic acid groups (broad SMARTS) is 1. The van der Waals surface area contributed by atoms with E-state index in [0.29, 0.717) is 19.7 Å². The maximum absolute atomic E-state index is 12.0. The van der Waals surface area contributed by atoms with E-state index < -0.39 is 12.0 Å². The Hall–Kier alpha value is -1.63. The summed E-state index contributed by atoms with van der Waals surface area (Å²) in [5, 5.41) is 11.2. The molecule has 1 aliphatic heterocycles. The number of aliphatic carboxylic acids is 1. The highest BCUT2D eigenvalue weighted by atomic mass is 16.5. The summed E-state index contributed by atoms with van der Waals surface area (Å²) >= 11 is 0. The average Bonchev–Trinajstić information content (AvgIpc) is 2.38. The molecule has 1 atom stereocenters. The number of ether oxygens (including phenoxy) is 1. The van der Waals surface area contributed by atoms with Crippen LogP contribution >= 0.6 is 0 Å². The topological polar surface area (TPSA) is 95.9 Å². The largest absolute Gasteiger partial charge is 0.481 e. The number of morpholine rings is 1. The predicted octanol–water partition coefficient (Wildman–Crippen LogP) is -0.395. The summed E-state index contributed by atoms with van der Waals surface area (Å²) in [7, 11) is 0. The number of amides is 2. The molecular formula is C12H20N2O5. The zero-order valence-electron chi connectivity index (χ0n) is 11.1. The predicted molar refractivity (Wildman–Crippen MR) is 66.5 cm³/mol. The molecule has 0 aromatic rings. The van der Waals surface area contributed by atoms with Crippen molar-refractivity contribution < 1.29 is 24.2 Å². The summed E-state index contributed by atoms with van der Waals surface area (Å²) < 4.78 is 5.22. The highest BCUT2D eigenvalue weighted by molar-refractivity contribution is 5.88. The van der Waals surface area contributed by atoms with Crippen LogP contribution in [0.4, 0.5) is 0 Å². The van der Waals surface area contributed by atoms with Crippen molar-refractivity contribution in [2.75, 3.05) is 26.3 Å². The van der Waals surface area contributed by atoms with E-state index in [4.69, 9.17) is 9.84 Å². The van der Waals surface area contributed by atoms with Gasteiger partial charge in [-0.3, -0.25) is 14.4 Å². The lowest BCUT2D eigenvalue weighted by Gasteiger charge is -2.34. The summed E-state index contributed by atoms with van der Waals surface area (Å²) in [6, 6.07) is -0.606. The van der Waals surface area contributed by atoms with Crippen LogP contribution < -0.4 is 5.32 Å². The van der Waals surface area contributed by atoms with Crippen LogP contribution in [0, 0.1) is 0 Å². The van der Waals surface area contributed by atoms with Gasteiger partial charge >= 0.3 is 5.97 Å². The van der Waals surface area contributed by atoms with E-state index in [1.165, 1.54) is 4.90 Å². The van der Waals surface area contributed by atoms with E-state index in [1.807, 2.05) is 0 Å². The summed E-state index contributed by atoms with van der Waals surface area (Å²) in [6.45, 7) is 3.27. The second-order valence-electron chi connectivity index (χ2n) is 4.32. The fourth-order valence-corrected chi connectivity index (χ4v) is 1.95. The molecule has 7 heteroatoms. The second kappa shape index (κ2) is 7.73. The molecule has 7 nitrogen and oxygen atoms in total. The molecule has 19 heavy (non-hydrogen) atoms. The molecule has 0 aliphatic carbocycles. The van der Waals surface area contributed by atoms with Gasteiger partial charge in [0.05, 0.1) is 13.2 Å². The monoisotopic (exact) mass is 272 g/mol. The van der Waals surface area contributed by atoms with Gasteiger partial charge in [-0.2, -0.15) is 0 Å². The third-order valence-electron chi connectivity index (χ3n) is 2.88. The lowest BCUT2D eigenvalue weighted by Crippen LogP contribution is -2.55. The van der Waals surface area contributed by atoms with Crippen LogP contribution in [0.15, 0.2) is 0 Å². The third-order valence-corrected chi connectivity index (χ3v) is 2.88. The number of carboxylic acids is 1. The Morgan fingerprint density at radius 1 is 1.37 bits per heavy atom. The van der Waals surface area contributed by atoms with Crippen LogP contribution in [-0.2, 0) is 19.1 Å². The molecule has 0 aromatic carbocycles. The Labute approximate surface area is 111 Å². The first-order valence-corrected chi connectivity index (χ1v) is 6.43. The highest BCUT2D eigenvalue weighted by Gasteiger charge is 2.32. The van der Waals surface area contributed by atoms with Crippen LogP contribution in [0.5, 0.6) is 0 Å². The molecule has 1 aliphatic rings. The highest BCUT2D eigenvalue weighted by Crippen LogP contribution is 2.11. The molecule has 1 fully saturated rings. The number of rotatable bonds is 6. The molecule has 0 aromatic heterocycles. The Morgan fingerprint density at radius 2 is 2.11 bits per heavy atom. The van der Waals surface area contributed by atoms with Crippen molar-refractivity contribution in [1.82, 2.24) is 10.2 Å². The van der Waals surface area contributed by atoms with Gasteiger partial charge < -0.3 is 20.1 Å². The van der Waals surface area contributed by atoms with Gasteiger partial charge in [0.2, 0.25) is 11.8 Å². The Balaban J connectivity index is 2.53. The first-order valence-electron chi connectivity index (χ1n) is 6.43. The van der Waals surface area contributed by atoms with Gasteiger partial charge in [0.15, 0.2) is 0 Å². The Bertz CT molecular complexity index is 345. The Morgan fingerprint density at radius 3 is 2.74 bits per heavy atom. The minimum Gasteiger partial charge on any atom is -0.481 e. The van der Waals surface area contributed by atoms with E-state index >= 15 is 0 Å². The smallest absolute Gasteiger partial charge is 0.303 e. The quantitative estimate of drug-likeness (QED) is 0.686. The average molecular weight is 272 g/mol. The first kappa shape index (κ1) is 15.4. The normalized spacial score (nSPS) is 19.0. The van der Waals surface area contributed by atoms with E-state index in [9.17, 15) is 14.4 Å². The number of nitrogens with zero attached hydrogens (tertiary/aromatic N) is 1. The number of likely N-dealkylation sites (N-methyl/N-ethyl adjacent to an activating group) is 1. The van der Waals surface area contributed by atoms with Crippen molar-refractivity contribution in [1.29, 1.82) is 0 Å². The maximum atomic E-state index is 12.0. The molecule has 0 radical (unpaired) electrons. The molecule has 0 saturated carbocycles. The number of carbonyl (C=O) groups excluding carboxylic acids is 2. The molecule has 0 spiro atoms. The molecule has 0 bridgehead atoms. The summed E-state index contributed by atoms with van der Waals surface area (Å²) in [4.78, 5) is 35.7. The summed E-state index contributed by atoms with van der Waals surface area (Å²) in [6.07, 6.45) is 0.387. The van der Waals surface area contributed by atoms with Gasteiger partial charge in [-0.05, 0) is 13.3 Å². The van der Waals surface area contributed by atoms with Gasteiger partial charge in [0.25, 0.3) is 0 Å². The summed E-state index contributed by atoms with van der Waals surface area (Å²) in [5.74, 6) is -1.34. The molecule has 2 amide bonds. The van der Waals surface area contributed by atoms with Gasteiger partial charge in [0, 0.05) is 25.9 Å². The first-order chi connectivity index (χ1) is 9.06. The molecule has 2 N–H and O–H groups in total. The van der Waals surface area contributed by atoms with E-state index in [-0.39, 0.29) is 37.7 Å². The fourth-order valence-electron chi connectivity index (χ4n) is 1.95. The second-order valence-corrected chi connectivity index (χ2v) is 4.32. The van der Waals surface area contributed by atoms with Crippen LogP contribution in [-0.4, -0.2) is 60.1 Å². The SMILES string of the molecule is CCNC(=O)C1COCCN1C(=O)CCCC(=O)O. The van der Waals surface area contributed by atoms with E-state index in [1.54, 1.807) is 6.92 Å². The van der Waals surface area contributed by atoms with Crippen molar-refractivity contribution in [3.05, 3.63) is 0 Å². The summed E-state index contributed by atoms with van der Waals surface area (Å²) in [5.41, 5.74) is 0. The maximum Gasteiger partial charge on any atom is 0.303 e. The van der Waals surface area contributed by atoms with E-state index in [0.717, 1.165) is 0 Å². The van der Waals surface area contributed by atoms with Gasteiger partial charge in [-0.25, -0.2) is 0 Å². The van der Waals surface area contributed by atoms with Crippen molar-refractivity contribution >= 4 is 17.8 Å². The van der Waals surface area contributed by atoms with Crippen LogP contribution in [0.2, 0.25) is 0 Å². The fraction of sp³-hybridized carbons (Fsp3) is 0.750.